The highest BCUT2D eigenvalue weighted by atomic mass is 16.5. The molecule has 0 aromatic heterocycles. The van der Waals surface area contributed by atoms with E-state index in [1.807, 2.05) is 72.5 Å². The van der Waals surface area contributed by atoms with Crippen LogP contribution >= 0.6 is 0 Å². The lowest BCUT2D eigenvalue weighted by molar-refractivity contribution is -0.132. The lowest BCUT2D eigenvalue weighted by atomic mass is 9.74. The maximum atomic E-state index is 13.1. The standard InChI is InChI=1S/C28H30N2O3/c1-20-5-2-3-8-25(20)33-23-7-4-6-21(15-23)17-27(31)30-13-11-28(12-14-30)19-32-26-10-9-22(18-29)16-24(26)28/h2-10,15-16H,11-14,17-19,29H2,1H3. The number of carbonyl (C=O) groups is 1. The topological polar surface area (TPSA) is 64.8 Å². The van der Waals surface area contributed by atoms with E-state index in [2.05, 4.69) is 6.07 Å². The Morgan fingerprint density at radius 3 is 2.64 bits per heavy atom. The Hall–Kier alpha value is -3.31. The Morgan fingerprint density at radius 1 is 1.03 bits per heavy atom. The summed E-state index contributed by atoms with van der Waals surface area (Å²) in [4.78, 5) is 15.1. The summed E-state index contributed by atoms with van der Waals surface area (Å²) in [5, 5.41) is 0. The molecular formula is C28H30N2O3. The number of piperidine rings is 1. The molecule has 0 bridgehead atoms. The number of carbonyl (C=O) groups excluding carboxylic acids is 1. The highest BCUT2D eigenvalue weighted by molar-refractivity contribution is 5.79. The van der Waals surface area contributed by atoms with Gasteiger partial charge in [0.25, 0.3) is 0 Å². The maximum absolute atomic E-state index is 13.1. The molecule has 33 heavy (non-hydrogen) atoms. The number of rotatable bonds is 5. The molecule has 0 unspecified atom stereocenters. The molecule has 3 aromatic carbocycles. The molecule has 1 amide bonds. The van der Waals surface area contributed by atoms with E-state index in [0.29, 0.717) is 19.6 Å². The van der Waals surface area contributed by atoms with Crippen molar-refractivity contribution in [1.29, 1.82) is 0 Å². The molecule has 0 atom stereocenters. The van der Waals surface area contributed by atoms with Crippen molar-refractivity contribution in [2.45, 2.75) is 38.1 Å². The number of fused-ring (bicyclic) bond motifs is 2. The molecule has 1 spiro atoms. The second kappa shape index (κ2) is 8.91. The quantitative estimate of drug-likeness (QED) is 0.620. The first-order valence-corrected chi connectivity index (χ1v) is 11.6. The third-order valence-electron chi connectivity index (χ3n) is 7.00. The molecule has 2 aliphatic rings. The molecule has 170 valence electrons. The highest BCUT2D eigenvalue weighted by Gasteiger charge is 2.43. The first-order valence-electron chi connectivity index (χ1n) is 11.6. The number of nitrogens with zero attached hydrogens (tertiary/aromatic N) is 1. The summed E-state index contributed by atoms with van der Waals surface area (Å²) in [5.41, 5.74) is 10.3. The minimum absolute atomic E-state index is 0.00140. The Morgan fingerprint density at radius 2 is 1.85 bits per heavy atom. The van der Waals surface area contributed by atoms with Crippen molar-refractivity contribution in [2.24, 2.45) is 5.73 Å². The van der Waals surface area contributed by atoms with Crippen molar-refractivity contribution in [2.75, 3.05) is 19.7 Å². The van der Waals surface area contributed by atoms with E-state index in [4.69, 9.17) is 15.2 Å². The van der Waals surface area contributed by atoms with Crippen molar-refractivity contribution >= 4 is 5.91 Å². The average molecular weight is 443 g/mol. The Balaban J connectivity index is 1.23. The van der Waals surface area contributed by atoms with E-state index in [9.17, 15) is 4.79 Å². The van der Waals surface area contributed by atoms with E-state index >= 15 is 0 Å². The van der Waals surface area contributed by atoms with Crippen LogP contribution in [0.25, 0.3) is 0 Å². The number of likely N-dealkylation sites (tertiary alicyclic amines) is 1. The van der Waals surface area contributed by atoms with Gasteiger partial charge in [-0.05, 0) is 60.7 Å². The fourth-order valence-electron chi connectivity index (χ4n) is 4.94. The van der Waals surface area contributed by atoms with Crippen molar-refractivity contribution in [1.82, 2.24) is 4.90 Å². The highest BCUT2D eigenvalue weighted by Crippen LogP contribution is 2.45. The number of nitrogens with two attached hydrogens (primary N) is 1. The normalized spacial score (nSPS) is 16.4. The van der Waals surface area contributed by atoms with Gasteiger partial charge in [0.1, 0.15) is 17.2 Å². The van der Waals surface area contributed by atoms with Crippen molar-refractivity contribution < 1.29 is 14.3 Å². The van der Waals surface area contributed by atoms with Gasteiger partial charge < -0.3 is 20.1 Å². The van der Waals surface area contributed by atoms with Gasteiger partial charge in [0.2, 0.25) is 5.91 Å². The lowest BCUT2D eigenvalue weighted by Crippen LogP contribution is -2.46. The number of amides is 1. The molecule has 5 rings (SSSR count). The van der Waals surface area contributed by atoms with Crippen LogP contribution in [-0.4, -0.2) is 30.5 Å². The molecule has 3 aromatic rings. The SMILES string of the molecule is Cc1ccccc1Oc1cccc(CC(=O)N2CCC3(CC2)COc2ccc(CN)cc23)c1. The van der Waals surface area contributed by atoms with Crippen LogP contribution in [-0.2, 0) is 23.2 Å². The van der Waals surface area contributed by atoms with E-state index in [-0.39, 0.29) is 11.3 Å². The number of aryl methyl sites for hydroxylation is 1. The molecule has 0 radical (unpaired) electrons. The van der Waals surface area contributed by atoms with Crippen LogP contribution in [0.4, 0.5) is 0 Å². The summed E-state index contributed by atoms with van der Waals surface area (Å²) in [5.74, 6) is 2.71. The molecule has 0 saturated carbocycles. The molecule has 1 saturated heterocycles. The smallest absolute Gasteiger partial charge is 0.226 e. The second-order valence-electron chi connectivity index (χ2n) is 9.18. The summed E-state index contributed by atoms with van der Waals surface area (Å²) in [6.45, 7) is 4.73. The predicted molar refractivity (Wildman–Crippen MR) is 129 cm³/mol. The fraction of sp³-hybridized carbons (Fsp3) is 0.321. The summed E-state index contributed by atoms with van der Waals surface area (Å²) < 4.78 is 12.0. The first kappa shape index (κ1) is 21.5. The third-order valence-corrected chi connectivity index (χ3v) is 7.00. The first-order chi connectivity index (χ1) is 16.1. The zero-order valence-corrected chi connectivity index (χ0v) is 19.0. The molecule has 2 N–H and O–H groups in total. The van der Waals surface area contributed by atoms with E-state index < -0.39 is 0 Å². The number of ether oxygens (including phenoxy) is 2. The zero-order chi connectivity index (χ0) is 22.8. The average Bonchev–Trinajstić information content (AvgIpc) is 3.18. The number of benzene rings is 3. The Bertz CT molecular complexity index is 1170. The van der Waals surface area contributed by atoms with Gasteiger partial charge in [-0.25, -0.2) is 0 Å². The predicted octanol–water partition coefficient (Wildman–Crippen LogP) is 4.74. The monoisotopic (exact) mass is 442 g/mol. The minimum Gasteiger partial charge on any atom is -0.492 e. The maximum Gasteiger partial charge on any atom is 0.226 e. The van der Waals surface area contributed by atoms with Gasteiger partial charge in [-0.1, -0.05) is 42.5 Å². The number of hydrogen-bond acceptors (Lipinski definition) is 4. The van der Waals surface area contributed by atoms with Crippen LogP contribution in [0.5, 0.6) is 17.2 Å². The molecule has 5 heteroatoms. The zero-order valence-electron chi connectivity index (χ0n) is 19.0. The van der Waals surface area contributed by atoms with Gasteiger partial charge in [-0.15, -0.1) is 0 Å². The number of para-hydroxylation sites is 1. The summed E-state index contributed by atoms with van der Waals surface area (Å²) in [6.07, 6.45) is 2.20. The van der Waals surface area contributed by atoms with Gasteiger partial charge >= 0.3 is 0 Å². The number of hydrogen-bond donors (Lipinski definition) is 1. The molecule has 2 aliphatic heterocycles. The Kier molecular flexibility index (Phi) is 5.81. The van der Waals surface area contributed by atoms with Gasteiger partial charge in [-0.2, -0.15) is 0 Å². The van der Waals surface area contributed by atoms with Gasteiger partial charge in [0, 0.05) is 30.6 Å². The van der Waals surface area contributed by atoms with Crippen LogP contribution in [0.1, 0.15) is 35.1 Å². The van der Waals surface area contributed by atoms with Crippen LogP contribution in [0.3, 0.4) is 0 Å². The largest absolute Gasteiger partial charge is 0.492 e. The van der Waals surface area contributed by atoms with Crippen LogP contribution in [0.15, 0.2) is 66.7 Å². The van der Waals surface area contributed by atoms with Crippen LogP contribution in [0.2, 0.25) is 0 Å². The summed E-state index contributed by atoms with van der Waals surface area (Å²) >= 11 is 0. The molecule has 2 heterocycles. The minimum atomic E-state index is -0.00140. The van der Waals surface area contributed by atoms with Gasteiger partial charge in [-0.3, -0.25) is 4.79 Å². The third kappa shape index (κ3) is 4.33. The van der Waals surface area contributed by atoms with Gasteiger partial charge in [0.05, 0.1) is 13.0 Å². The fourth-order valence-corrected chi connectivity index (χ4v) is 4.94. The van der Waals surface area contributed by atoms with Gasteiger partial charge in [0.15, 0.2) is 0 Å². The van der Waals surface area contributed by atoms with Crippen LogP contribution < -0.4 is 15.2 Å². The van der Waals surface area contributed by atoms with Crippen molar-refractivity contribution in [3.05, 3.63) is 89.0 Å². The van der Waals surface area contributed by atoms with E-state index in [1.54, 1.807) is 0 Å². The van der Waals surface area contributed by atoms with E-state index in [0.717, 1.165) is 59.9 Å². The summed E-state index contributed by atoms with van der Waals surface area (Å²) in [7, 11) is 0. The Labute approximate surface area is 195 Å². The lowest BCUT2D eigenvalue weighted by Gasteiger charge is -2.38. The molecule has 0 aliphatic carbocycles. The van der Waals surface area contributed by atoms with Crippen molar-refractivity contribution in [3.63, 3.8) is 0 Å². The second-order valence-corrected chi connectivity index (χ2v) is 9.18. The van der Waals surface area contributed by atoms with Crippen molar-refractivity contribution in [3.8, 4) is 17.2 Å². The summed E-state index contributed by atoms with van der Waals surface area (Å²) in [6, 6.07) is 22.0. The van der Waals surface area contributed by atoms with Crippen LogP contribution in [0, 0.1) is 6.92 Å². The molecule has 5 nitrogen and oxygen atoms in total. The molecular weight excluding hydrogens is 412 g/mol. The van der Waals surface area contributed by atoms with E-state index in [1.165, 1.54) is 5.56 Å². The molecule has 1 fully saturated rings.